The van der Waals surface area contributed by atoms with Crippen molar-refractivity contribution in [3.8, 4) is 0 Å². The lowest BCUT2D eigenvalue weighted by Gasteiger charge is -2.27. The molecule has 0 unspecified atom stereocenters. The number of halogens is 2. The molecule has 2 aromatic rings. The first-order chi connectivity index (χ1) is 12.3. The van der Waals surface area contributed by atoms with Gasteiger partial charge in [-0.15, -0.1) is 0 Å². The molecule has 1 aromatic carbocycles. The van der Waals surface area contributed by atoms with E-state index in [4.69, 9.17) is 4.74 Å². The highest BCUT2D eigenvalue weighted by Crippen LogP contribution is 2.25. The Morgan fingerprint density at radius 3 is 2.31 bits per heavy atom. The third-order valence-electron chi connectivity index (χ3n) is 3.97. The lowest BCUT2D eigenvalue weighted by atomic mass is 10.3. The van der Waals surface area contributed by atoms with Crippen LogP contribution >= 0.6 is 0 Å². The molecule has 0 amide bonds. The number of rotatable bonds is 4. The molecule has 7 nitrogen and oxygen atoms in total. The summed E-state index contributed by atoms with van der Waals surface area (Å²) in [5, 5.41) is 0. The lowest BCUT2D eigenvalue weighted by Crippen LogP contribution is -2.37. The molecule has 1 saturated heterocycles. The summed E-state index contributed by atoms with van der Waals surface area (Å²) in [6, 6.07) is 2.28. The summed E-state index contributed by atoms with van der Waals surface area (Å²) < 4.78 is 59.4. The molecule has 0 spiro atoms. The molecule has 0 atom stereocenters. The first-order valence-corrected chi connectivity index (χ1v) is 9.42. The van der Waals surface area contributed by atoms with Gasteiger partial charge in [0.15, 0.2) is 0 Å². The number of nitrogens with one attached hydrogen (secondary N) is 1. The van der Waals surface area contributed by atoms with Gasteiger partial charge in [-0.3, -0.25) is 4.72 Å². The number of benzene rings is 1. The van der Waals surface area contributed by atoms with Crippen molar-refractivity contribution in [1.29, 1.82) is 0 Å². The predicted octanol–water partition coefficient (Wildman–Crippen LogP) is 2.01. The molecule has 1 fully saturated rings. The molecule has 2 heterocycles. The molecular formula is C16H18F2N4O3S. The van der Waals surface area contributed by atoms with E-state index in [1.54, 1.807) is 13.8 Å². The van der Waals surface area contributed by atoms with E-state index in [0.29, 0.717) is 49.7 Å². The van der Waals surface area contributed by atoms with Gasteiger partial charge in [-0.05, 0) is 26.0 Å². The molecule has 1 aromatic heterocycles. The average molecular weight is 384 g/mol. The van der Waals surface area contributed by atoms with Crippen LogP contribution in [-0.2, 0) is 14.8 Å². The summed E-state index contributed by atoms with van der Waals surface area (Å²) in [7, 11) is -4.25. The Bertz CT molecular complexity index is 908. The highest BCUT2D eigenvalue weighted by Gasteiger charge is 2.23. The normalized spacial score (nSPS) is 15.2. The van der Waals surface area contributed by atoms with Gasteiger partial charge in [-0.2, -0.15) is 0 Å². The fraction of sp³-hybridized carbons (Fsp3) is 0.375. The second-order valence-electron chi connectivity index (χ2n) is 5.85. The number of anilines is 2. The van der Waals surface area contributed by atoms with Crippen molar-refractivity contribution in [3.63, 3.8) is 0 Å². The van der Waals surface area contributed by atoms with Gasteiger partial charge in [-0.1, -0.05) is 0 Å². The topological polar surface area (TPSA) is 84.4 Å². The van der Waals surface area contributed by atoms with E-state index < -0.39 is 26.6 Å². The van der Waals surface area contributed by atoms with Crippen molar-refractivity contribution in [2.75, 3.05) is 35.9 Å². The van der Waals surface area contributed by atoms with Crippen molar-refractivity contribution in [3.05, 3.63) is 41.2 Å². The molecule has 0 aliphatic carbocycles. The Morgan fingerprint density at radius 1 is 1.12 bits per heavy atom. The summed E-state index contributed by atoms with van der Waals surface area (Å²) in [6.45, 7) is 5.70. The maximum atomic E-state index is 13.8. The van der Waals surface area contributed by atoms with Crippen molar-refractivity contribution in [1.82, 2.24) is 9.97 Å². The van der Waals surface area contributed by atoms with Crippen LogP contribution in [0, 0.1) is 25.5 Å². The summed E-state index contributed by atoms with van der Waals surface area (Å²) in [5.74, 6) is -1.54. The van der Waals surface area contributed by atoms with E-state index in [9.17, 15) is 17.2 Å². The molecule has 0 bridgehead atoms. The second kappa shape index (κ2) is 7.12. The van der Waals surface area contributed by atoms with Gasteiger partial charge in [-0.25, -0.2) is 27.2 Å². The van der Waals surface area contributed by atoms with E-state index in [0.717, 1.165) is 12.1 Å². The van der Waals surface area contributed by atoms with Crippen molar-refractivity contribution >= 4 is 21.7 Å². The smallest absolute Gasteiger partial charge is 0.264 e. The van der Waals surface area contributed by atoms with E-state index in [2.05, 4.69) is 14.7 Å². The summed E-state index contributed by atoms with van der Waals surface area (Å²) >= 11 is 0. The summed E-state index contributed by atoms with van der Waals surface area (Å²) in [5.41, 5.74) is 0.987. The van der Waals surface area contributed by atoms with Crippen LogP contribution in [0.2, 0.25) is 0 Å². The minimum Gasteiger partial charge on any atom is -0.378 e. The number of aromatic nitrogens is 2. The van der Waals surface area contributed by atoms with Gasteiger partial charge in [0.25, 0.3) is 10.0 Å². The number of nitrogens with zero attached hydrogens (tertiary/aromatic N) is 3. The molecule has 1 aliphatic heterocycles. The minimum atomic E-state index is -4.25. The van der Waals surface area contributed by atoms with E-state index in [-0.39, 0.29) is 5.69 Å². The predicted molar refractivity (Wildman–Crippen MR) is 91.7 cm³/mol. The first-order valence-electron chi connectivity index (χ1n) is 7.94. The minimum absolute atomic E-state index is 0.172. The van der Waals surface area contributed by atoms with Crippen LogP contribution in [0.3, 0.4) is 0 Å². The van der Waals surface area contributed by atoms with Gasteiger partial charge in [0, 0.05) is 19.2 Å². The quantitative estimate of drug-likeness (QED) is 0.868. The molecule has 3 rings (SSSR count). The first kappa shape index (κ1) is 18.5. The number of hydrogen-bond donors (Lipinski definition) is 1. The summed E-state index contributed by atoms with van der Waals surface area (Å²) in [4.78, 5) is 10.0. The number of ether oxygens (including phenoxy) is 1. The molecule has 0 saturated carbocycles. The number of morpholine rings is 1. The van der Waals surface area contributed by atoms with Crippen molar-refractivity contribution < 1.29 is 21.9 Å². The van der Waals surface area contributed by atoms with Gasteiger partial charge in [0.1, 0.15) is 16.5 Å². The maximum absolute atomic E-state index is 13.8. The summed E-state index contributed by atoms with van der Waals surface area (Å²) in [6.07, 6.45) is 0. The molecular weight excluding hydrogens is 366 g/mol. The average Bonchev–Trinajstić information content (AvgIpc) is 2.58. The SMILES string of the molecule is Cc1nc(N2CCOCC2)nc(C)c1NS(=O)(=O)c1ccc(F)cc1F. The van der Waals surface area contributed by atoms with Gasteiger partial charge < -0.3 is 9.64 Å². The molecule has 0 radical (unpaired) electrons. The molecule has 140 valence electrons. The van der Waals surface area contributed by atoms with Crippen LogP contribution in [0.1, 0.15) is 11.4 Å². The zero-order valence-corrected chi connectivity index (χ0v) is 15.1. The fourth-order valence-electron chi connectivity index (χ4n) is 2.63. The second-order valence-corrected chi connectivity index (χ2v) is 7.50. The van der Waals surface area contributed by atoms with Crippen LogP contribution in [0.4, 0.5) is 20.4 Å². The number of sulfonamides is 1. The zero-order valence-electron chi connectivity index (χ0n) is 14.3. The third-order valence-corrected chi connectivity index (χ3v) is 5.36. The molecule has 1 N–H and O–H groups in total. The third kappa shape index (κ3) is 3.75. The molecule has 1 aliphatic rings. The Kier molecular flexibility index (Phi) is 5.05. The highest BCUT2D eigenvalue weighted by molar-refractivity contribution is 7.92. The molecule has 10 heteroatoms. The van der Waals surface area contributed by atoms with Crippen LogP contribution in [0.25, 0.3) is 0 Å². The Balaban J connectivity index is 1.91. The van der Waals surface area contributed by atoms with Crippen LogP contribution in [-0.4, -0.2) is 44.7 Å². The zero-order chi connectivity index (χ0) is 18.9. The monoisotopic (exact) mass is 384 g/mol. The number of hydrogen-bond acceptors (Lipinski definition) is 6. The largest absolute Gasteiger partial charge is 0.378 e. The van der Waals surface area contributed by atoms with E-state index in [1.165, 1.54) is 0 Å². The standard InChI is InChI=1S/C16H18F2N4O3S/c1-10-15(11(2)20-16(19-10)22-5-7-25-8-6-22)21-26(23,24)14-4-3-12(17)9-13(14)18/h3-4,9,21H,5-8H2,1-2H3. The van der Waals surface area contributed by atoms with Gasteiger partial charge >= 0.3 is 0 Å². The van der Waals surface area contributed by atoms with Crippen molar-refractivity contribution in [2.24, 2.45) is 0 Å². The van der Waals surface area contributed by atoms with E-state index >= 15 is 0 Å². The fourth-order valence-corrected chi connectivity index (χ4v) is 3.87. The van der Waals surface area contributed by atoms with Crippen LogP contribution in [0.5, 0.6) is 0 Å². The molecule has 26 heavy (non-hydrogen) atoms. The Labute approximate surface area is 150 Å². The Morgan fingerprint density at radius 2 is 1.73 bits per heavy atom. The maximum Gasteiger partial charge on any atom is 0.264 e. The highest BCUT2D eigenvalue weighted by atomic mass is 32.2. The van der Waals surface area contributed by atoms with Gasteiger partial charge in [0.05, 0.1) is 30.3 Å². The Hall–Kier alpha value is -2.33. The van der Waals surface area contributed by atoms with E-state index in [1.807, 2.05) is 4.90 Å². The van der Waals surface area contributed by atoms with Crippen LogP contribution in [0.15, 0.2) is 23.1 Å². The van der Waals surface area contributed by atoms with Gasteiger partial charge in [0.2, 0.25) is 5.95 Å². The van der Waals surface area contributed by atoms with Crippen molar-refractivity contribution in [2.45, 2.75) is 18.7 Å². The van der Waals surface area contributed by atoms with Crippen LogP contribution < -0.4 is 9.62 Å². The number of aryl methyl sites for hydroxylation is 2. The lowest BCUT2D eigenvalue weighted by molar-refractivity contribution is 0.122.